The summed E-state index contributed by atoms with van der Waals surface area (Å²) < 4.78 is 0.552. The summed E-state index contributed by atoms with van der Waals surface area (Å²) in [5.74, 6) is 0.135. The number of carbonyl (C=O) groups is 1. The summed E-state index contributed by atoms with van der Waals surface area (Å²) in [6.45, 7) is 0.800. The molecule has 0 heterocycles. The molecular weight excluding hydrogens is 301 g/mol. The van der Waals surface area contributed by atoms with E-state index < -0.39 is 0 Å². The maximum Gasteiger partial charge on any atom is 0.229 e. The van der Waals surface area contributed by atoms with Gasteiger partial charge in [-0.3, -0.25) is 4.79 Å². The highest BCUT2D eigenvalue weighted by molar-refractivity contribution is 14.1. The van der Waals surface area contributed by atoms with E-state index in [0.717, 1.165) is 25.8 Å². The van der Waals surface area contributed by atoms with Crippen LogP contribution < -0.4 is 5.32 Å². The number of benzene rings is 1. The van der Waals surface area contributed by atoms with E-state index in [1.165, 1.54) is 5.56 Å². The van der Waals surface area contributed by atoms with E-state index >= 15 is 0 Å². The predicted octanol–water partition coefficient (Wildman–Crippen LogP) is 2.56. The number of hydrogen-bond donors (Lipinski definition) is 1. The Morgan fingerprint density at radius 3 is 2.60 bits per heavy atom. The molecule has 0 saturated heterocycles. The van der Waals surface area contributed by atoms with Crippen LogP contribution in [0.3, 0.4) is 0 Å². The van der Waals surface area contributed by atoms with Crippen LogP contribution in [-0.2, 0) is 11.2 Å². The lowest BCUT2D eigenvalue weighted by molar-refractivity contribution is -0.118. The van der Waals surface area contributed by atoms with Gasteiger partial charge in [-0.15, -0.1) is 0 Å². The quantitative estimate of drug-likeness (QED) is 0.488. The van der Waals surface area contributed by atoms with Crippen LogP contribution in [-0.4, -0.2) is 16.9 Å². The molecule has 0 aliphatic rings. The van der Waals surface area contributed by atoms with E-state index in [-0.39, 0.29) is 5.91 Å². The largest absolute Gasteiger partial charge is 0.355 e. The molecule has 0 radical (unpaired) electrons. The third-order valence-electron chi connectivity index (χ3n) is 2.18. The van der Waals surface area contributed by atoms with Crippen LogP contribution in [0.4, 0.5) is 0 Å². The second kappa shape index (κ2) is 7.68. The third kappa shape index (κ3) is 5.77. The summed E-state index contributed by atoms with van der Waals surface area (Å²) in [7, 11) is 0. The fourth-order valence-electron chi connectivity index (χ4n) is 1.37. The van der Waals surface area contributed by atoms with Gasteiger partial charge in [-0.1, -0.05) is 52.9 Å². The van der Waals surface area contributed by atoms with Gasteiger partial charge >= 0.3 is 0 Å². The van der Waals surface area contributed by atoms with Crippen molar-refractivity contribution in [2.24, 2.45) is 0 Å². The van der Waals surface area contributed by atoms with Gasteiger partial charge in [-0.2, -0.15) is 0 Å². The summed E-state index contributed by atoms with van der Waals surface area (Å²) >= 11 is 2.07. The van der Waals surface area contributed by atoms with Crippen molar-refractivity contribution in [2.45, 2.75) is 19.3 Å². The smallest absolute Gasteiger partial charge is 0.229 e. The van der Waals surface area contributed by atoms with Crippen LogP contribution in [0.25, 0.3) is 0 Å². The zero-order valence-corrected chi connectivity index (χ0v) is 10.9. The lowest BCUT2D eigenvalue weighted by atomic mass is 10.1. The Kier molecular flexibility index (Phi) is 6.39. The van der Waals surface area contributed by atoms with E-state index in [1.807, 2.05) is 6.07 Å². The van der Waals surface area contributed by atoms with Crippen molar-refractivity contribution in [1.29, 1.82) is 0 Å². The maximum absolute atomic E-state index is 10.9. The molecule has 0 fully saturated rings. The van der Waals surface area contributed by atoms with Crippen molar-refractivity contribution in [3.63, 3.8) is 0 Å². The van der Waals surface area contributed by atoms with Crippen molar-refractivity contribution in [3.8, 4) is 0 Å². The summed E-state index contributed by atoms with van der Waals surface area (Å²) in [5.41, 5.74) is 1.37. The number of carbonyl (C=O) groups excluding carboxylic acids is 1. The van der Waals surface area contributed by atoms with Gasteiger partial charge in [0, 0.05) is 6.54 Å². The first-order valence-electron chi connectivity index (χ1n) is 5.19. The summed E-state index contributed by atoms with van der Waals surface area (Å²) in [6, 6.07) is 10.4. The molecule has 1 rings (SSSR count). The molecule has 15 heavy (non-hydrogen) atoms. The van der Waals surface area contributed by atoms with Crippen LogP contribution in [0.15, 0.2) is 30.3 Å². The average Bonchev–Trinajstić information content (AvgIpc) is 2.29. The van der Waals surface area contributed by atoms with Crippen molar-refractivity contribution >= 4 is 28.5 Å². The number of halogens is 1. The maximum atomic E-state index is 10.9. The molecule has 0 aromatic heterocycles. The lowest BCUT2D eigenvalue weighted by Crippen LogP contribution is -2.25. The molecule has 0 unspecified atom stereocenters. The Balaban J connectivity index is 2.05. The van der Waals surface area contributed by atoms with Crippen LogP contribution in [0.1, 0.15) is 18.4 Å². The highest BCUT2D eigenvalue weighted by Crippen LogP contribution is 2.03. The number of rotatable bonds is 6. The Hall–Kier alpha value is -0.580. The summed E-state index contributed by atoms with van der Waals surface area (Å²) in [6.07, 6.45) is 3.28. The SMILES string of the molecule is O=C(CI)NCCCCc1ccccc1. The zero-order valence-electron chi connectivity index (χ0n) is 8.71. The number of amides is 1. The molecule has 1 aromatic carbocycles. The second-order valence-corrected chi connectivity index (χ2v) is 4.19. The van der Waals surface area contributed by atoms with E-state index in [2.05, 4.69) is 52.2 Å². The van der Waals surface area contributed by atoms with Crippen molar-refractivity contribution in [3.05, 3.63) is 35.9 Å². The van der Waals surface area contributed by atoms with Gasteiger partial charge in [0.25, 0.3) is 0 Å². The standard InChI is InChI=1S/C12H16INO/c13-10-12(15)14-9-5-4-8-11-6-2-1-3-7-11/h1-3,6-7H,4-5,8-10H2,(H,14,15). The van der Waals surface area contributed by atoms with Gasteiger partial charge in [0.2, 0.25) is 5.91 Å². The fourth-order valence-corrected chi connectivity index (χ4v) is 1.64. The molecular formula is C12H16INO. The molecule has 0 atom stereocenters. The normalized spacial score (nSPS) is 9.93. The third-order valence-corrected chi connectivity index (χ3v) is 2.87. The van der Waals surface area contributed by atoms with Gasteiger partial charge in [0.15, 0.2) is 0 Å². The number of unbranched alkanes of at least 4 members (excludes halogenated alkanes) is 1. The highest BCUT2D eigenvalue weighted by Gasteiger charge is 1.96. The fraction of sp³-hybridized carbons (Fsp3) is 0.417. The molecule has 0 saturated carbocycles. The van der Waals surface area contributed by atoms with Gasteiger partial charge in [0.1, 0.15) is 0 Å². The molecule has 3 heteroatoms. The molecule has 1 amide bonds. The minimum Gasteiger partial charge on any atom is -0.355 e. The Morgan fingerprint density at radius 2 is 1.93 bits per heavy atom. The van der Waals surface area contributed by atoms with E-state index in [1.54, 1.807) is 0 Å². The van der Waals surface area contributed by atoms with E-state index in [9.17, 15) is 4.79 Å². The second-order valence-electron chi connectivity index (χ2n) is 3.43. The van der Waals surface area contributed by atoms with Crippen LogP contribution >= 0.6 is 22.6 Å². The molecule has 0 spiro atoms. The Labute approximate surface area is 105 Å². The first kappa shape index (κ1) is 12.5. The Morgan fingerprint density at radius 1 is 1.20 bits per heavy atom. The average molecular weight is 317 g/mol. The number of aryl methyl sites for hydroxylation is 1. The minimum absolute atomic E-state index is 0.135. The minimum atomic E-state index is 0.135. The van der Waals surface area contributed by atoms with Crippen LogP contribution in [0.5, 0.6) is 0 Å². The molecule has 1 N–H and O–H groups in total. The molecule has 0 bridgehead atoms. The Bertz CT molecular complexity index is 287. The molecule has 0 aliphatic carbocycles. The van der Waals surface area contributed by atoms with Gasteiger partial charge in [-0.25, -0.2) is 0 Å². The van der Waals surface area contributed by atoms with Crippen molar-refractivity contribution in [1.82, 2.24) is 5.32 Å². The first-order chi connectivity index (χ1) is 7.33. The molecule has 82 valence electrons. The van der Waals surface area contributed by atoms with Crippen molar-refractivity contribution < 1.29 is 4.79 Å². The topological polar surface area (TPSA) is 29.1 Å². The molecule has 0 aliphatic heterocycles. The summed E-state index contributed by atoms with van der Waals surface area (Å²) in [5, 5.41) is 2.87. The number of alkyl halides is 1. The highest BCUT2D eigenvalue weighted by atomic mass is 127. The monoisotopic (exact) mass is 317 g/mol. The first-order valence-corrected chi connectivity index (χ1v) is 6.72. The number of hydrogen-bond acceptors (Lipinski definition) is 1. The van der Waals surface area contributed by atoms with Crippen LogP contribution in [0.2, 0.25) is 0 Å². The summed E-state index contributed by atoms with van der Waals surface area (Å²) in [4.78, 5) is 10.9. The number of nitrogens with one attached hydrogen (secondary N) is 1. The van der Waals surface area contributed by atoms with E-state index in [0.29, 0.717) is 4.43 Å². The lowest BCUT2D eigenvalue weighted by Gasteiger charge is -2.03. The predicted molar refractivity (Wildman–Crippen MR) is 71.3 cm³/mol. The molecule has 1 aromatic rings. The van der Waals surface area contributed by atoms with Gasteiger partial charge in [0.05, 0.1) is 4.43 Å². The molecule has 2 nitrogen and oxygen atoms in total. The zero-order chi connectivity index (χ0) is 10.9. The van der Waals surface area contributed by atoms with Crippen molar-refractivity contribution in [2.75, 3.05) is 11.0 Å². The van der Waals surface area contributed by atoms with Gasteiger partial charge < -0.3 is 5.32 Å². The van der Waals surface area contributed by atoms with Gasteiger partial charge in [-0.05, 0) is 24.8 Å². The van der Waals surface area contributed by atoms with Crippen LogP contribution in [0, 0.1) is 0 Å². The van der Waals surface area contributed by atoms with E-state index in [4.69, 9.17) is 0 Å².